The van der Waals surface area contributed by atoms with Crippen LogP contribution in [0.5, 0.6) is 11.5 Å². The summed E-state index contributed by atoms with van der Waals surface area (Å²) in [5.41, 5.74) is 10.9. The lowest BCUT2D eigenvalue weighted by atomic mass is 9.61. The zero-order valence-electron chi connectivity index (χ0n) is 31.4. The average Bonchev–Trinajstić information content (AvgIpc) is 3.11. The summed E-state index contributed by atoms with van der Waals surface area (Å²) < 4.78 is 10.5. The topological polar surface area (TPSA) is 69.7 Å². The molecule has 8 rings (SSSR count). The van der Waals surface area contributed by atoms with Gasteiger partial charge in [0.05, 0.1) is 14.2 Å². The second-order valence-corrected chi connectivity index (χ2v) is 16.4. The van der Waals surface area contributed by atoms with Gasteiger partial charge in [-0.1, -0.05) is 76.1 Å². The summed E-state index contributed by atoms with van der Waals surface area (Å²) in [4.78, 5) is 35.3. The summed E-state index contributed by atoms with van der Waals surface area (Å²) in [6.45, 7) is 10.7. The van der Waals surface area contributed by atoms with Crippen molar-refractivity contribution in [3.05, 3.63) is 111 Å². The number of benzene rings is 3. The van der Waals surface area contributed by atoms with E-state index in [1.54, 1.807) is 14.2 Å². The molecule has 51 heavy (non-hydrogen) atoms. The standard InChI is InChI=1S/C17H20O2.C16H19OP.C12H14O2/c1-11-10-17(2)13(9-16(11)18)5-4-12-8-14(19-3)6-7-15(12)17;1-10-9-16(2)12(8-15(10)17)4-3-11-7-13(18)5-6-14(11)16;1-8-11-5-4-10(14-2)7-9(11)3-6-12(8)13/h6-9,11H,4-5,10H2,1-3H3;5-8,10H,3-4,9,18H2,1-2H3;4-5,7-8H,3,6H2,1-2H3/t11-,17+;10-,16+;/m00./s1. The molecule has 0 fully saturated rings. The molecule has 268 valence electrons. The smallest absolute Gasteiger partial charge is 0.158 e. The van der Waals surface area contributed by atoms with Crippen LogP contribution >= 0.6 is 9.24 Å². The lowest BCUT2D eigenvalue weighted by Gasteiger charge is -2.42. The van der Waals surface area contributed by atoms with E-state index in [2.05, 4.69) is 60.3 Å². The lowest BCUT2D eigenvalue weighted by Crippen LogP contribution is -2.38. The summed E-state index contributed by atoms with van der Waals surface area (Å²) >= 11 is 0. The van der Waals surface area contributed by atoms with Gasteiger partial charge in [0.15, 0.2) is 11.6 Å². The molecular weight excluding hydrogens is 651 g/mol. The Morgan fingerprint density at radius 2 is 1.08 bits per heavy atom. The number of Topliss-reactive ketones (excluding diaryl/α,β-unsaturated/α-hetero) is 1. The molecular formula is C45H53O5P. The zero-order chi connectivity index (χ0) is 36.7. The Balaban J connectivity index is 0.000000133. The Labute approximate surface area is 306 Å². The first kappa shape index (κ1) is 37.0. The number of hydrogen-bond donors (Lipinski definition) is 0. The van der Waals surface area contributed by atoms with Gasteiger partial charge < -0.3 is 9.47 Å². The highest BCUT2D eigenvalue weighted by Crippen LogP contribution is 2.49. The second-order valence-electron chi connectivity index (χ2n) is 15.7. The number of rotatable bonds is 2. The first-order valence-electron chi connectivity index (χ1n) is 18.5. The van der Waals surface area contributed by atoms with E-state index in [0.29, 0.717) is 23.8 Å². The van der Waals surface area contributed by atoms with Gasteiger partial charge in [0, 0.05) is 35.0 Å². The number of fused-ring (bicyclic) bond motifs is 7. The number of carbonyl (C=O) groups is 3. The first-order valence-corrected chi connectivity index (χ1v) is 19.1. The van der Waals surface area contributed by atoms with Crippen LogP contribution in [0.2, 0.25) is 0 Å². The molecule has 5 aliphatic rings. The van der Waals surface area contributed by atoms with Gasteiger partial charge in [0.1, 0.15) is 17.3 Å². The van der Waals surface area contributed by atoms with Crippen LogP contribution in [0.3, 0.4) is 0 Å². The van der Waals surface area contributed by atoms with Crippen LogP contribution in [0, 0.1) is 11.8 Å². The van der Waals surface area contributed by atoms with Crippen molar-refractivity contribution in [2.24, 2.45) is 11.8 Å². The number of allylic oxidation sites excluding steroid dienone is 4. The number of aryl methyl sites for hydroxylation is 3. The number of ketones is 3. The van der Waals surface area contributed by atoms with Crippen LogP contribution in [0.15, 0.2) is 77.9 Å². The number of methoxy groups -OCH3 is 2. The monoisotopic (exact) mass is 704 g/mol. The summed E-state index contributed by atoms with van der Waals surface area (Å²) in [5, 5.41) is 1.25. The Kier molecular flexibility index (Phi) is 10.6. The normalized spacial score (nSPS) is 27.3. The maximum Gasteiger partial charge on any atom is 0.158 e. The summed E-state index contributed by atoms with van der Waals surface area (Å²) in [6.07, 6.45) is 11.4. The summed E-state index contributed by atoms with van der Waals surface area (Å²) in [7, 11) is 6.15. The quantitative estimate of drug-likeness (QED) is 0.250. The maximum atomic E-state index is 11.9. The summed E-state index contributed by atoms with van der Waals surface area (Å²) in [5.74, 6) is 3.10. The second kappa shape index (κ2) is 14.7. The van der Waals surface area contributed by atoms with Gasteiger partial charge in [-0.05, 0) is 120 Å². The number of hydrogen-bond acceptors (Lipinski definition) is 5. The average molecular weight is 705 g/mol. The molecule has 6 heteroatoms. The van der Waals surface area contributed by atoms with E-state index in [1.807, 2.05) is 50.3 Å². The van der Waals surface area contributed by atoms with Crippen LogP contribution in [-0.2, 0) is 44.5 Å². The fraction of sp³-hybridized carbons (Fsp3) is 0.444. The van der Waals surface area contributed by atoms with Crippen molar-refractivity contribution in [2.75, 3.05) is 14.2 Å². The molecule has 0 aromatic heterocycles. The predicted molar refractivity (Wildman–Crippen MR) is 209 cm³/mol. The predicted octanol–water partition coefficient (Wildman–Crippen LogP) is 8.67. The Morgan fingerprint density at radius 3 is 1.63 bits per heavy atom. The van der Waals surface area contributed by atoms with E-state index in [1.165, 1.54) is 49.8 Å². The van der Waals surface area contributed by atoms with Crippen LogP contribution in [0.1, 0.15) is 106 Å². The van der Waals surface area contributed by atoms with Crippen LogP contribution < -0.4 is 14.8 Å². The molecule has 2 unspecified atom stereocenters. The molecule has 0 bridgehead atoms. The molecule has 6 atom stereocenters. The molecule has 0 heterocycles. The van der Waals surface area contributed by atoms with Gasteiger partial charge in [0.2, 0.25) is 0 Å². The molecule has 3 aromatic rings. The van der Waals surface area contributed by atoms with Gasteiger partial charge in [-0.3, -0.25) is 14.4 Å². The van der Waals surface area contributed by atoms with Crippen molar-refractivity contribution < 1.29 is 23.9 Å². The minimum Gasteiger partial charge on any atom is -0.497 e. The molecule has 5 aliphatic carbocycles. The van der Waals surface area contributed by atoms with Crippen molar-refractivity contribution in [3.8, 4) is 11.5 Å². The number of carbonyl (C=O) groups excluding carboxylic acids is 3. The Hall–Kier alpha value is -3.82. The Bertz CT molecular complexity index is 1940. The van der Waals surface area contributed by atoms with Crippen LogP contribution in [-0.4, -0.2) is 31.6 Å². The minimum absolute atomic E-state index is 0.0349. The van der Waals surface area contributed by atoms with E-state index < -0.39 is 0 Å². The third-order valence-corrected chi connectivity index (χ3v) is 12.7. The molecule has 0 amide bonds. The third kappa shape index (κ3) is 7.16. The van der Waals surface area contributed by atoms with Crippen molar-refractivity contribution in [3.63, 3.8) is 0 Å². The highest BCUT2D eigenvalue weighted by Gasteiger charge is 2.42. The molecule has 3 aromatic carbocycles. The molecule has 0 spiro atoms. The van der Waals surface area contributed by atoms with Crippen molar-refractivity contribution in [1.82, 2.24) is 0 Å². The van der Waals surface area contributed by atoms with Gasteiger partial charge in [-0.2, -0.15) is 0 Å². The fourth-order valence-electron chi connectivity index (χ4n) is 9.23. The largest absolute Gasteiger partial charge is 0.497 e. The highest BCUT2D eigenvalue weighted by molar-refractivity contribution is 7.27. The first-order chi connectivity index (χ1) is 24.3. The fourth-order valence-corrected chi connectivity index (χ4v) is 9.53. The van der Waals surface area contributed by atoms with Crippen LogP contribution in [0.4, 0.5) is 0 Å². The van der Waals surface area contributed by atoms with Gasteiger partial charge in [-0.25, -0.2) is 0 Å². The van der Waals surface area contributed by atoms with E-state index in [-0.39, 0.29) is 28.6 Å². The van der Waals surface area contributed by atoms with Crippen molar-refractivity contribution >= 4 is 31.9 Å². The van der Waals surface area contributed by atoms with E-state index in [9.17, 15) is 14.4 Å². The van der Waals surface area contributed by atoms with Gasteiger partial charge >= 0.3 is 0 Å². The number of ether oxygens (including phenoxy) is 2. The lowest BCUT2D eigenvalue weighted by molar-refractivity contribution is -0.121. The molecule has 5 nitrogen and oxygen atoms in total. The summed E-state index contributed by atoms with van der Waals surface area (Å²) in [6, 6.07) is 19.0. The highest BCUT2D eigenvalue weighted by atomic mass is 31.0. The molecule has 0 radical (unpaired) electrons. The molecule has 0 saturated carbocycles. The maximum absolute atomic E-state index is 11.9. The van der Waals surface area contributed by atoms with Crippen LogP contribution in [0.25, 0.3) is 0 Å². The van der Waals surface area contributed by atoms with Crippen molar-refractivity contribution in [2.45, 2.75) is 103 Å². The van der Waals surface area contributed by atoms with E-state index >= 15 is 0 Å². The minimum atomic E-state index is 0.0349. The zero-order valence-corrected chi connectivity index (χ0v) is 32.5. The van der Waals surface area contributed by atoms with Gasteiger partial charge in [-0.15, -0.1) is 9.24 Å². The molecule has 0 saturated heterocycles. The SMILES string of the molecule is COc1ccc2c(c1)CCC(=O)C2C.COc1ccc2c(c1)CCC1=CC(=O)[C@@H](C)C[C@]12C.C[C@H]1C[C@]2(C)C(=CC1=O)CCc1cc(P)ccc12. The van der Waals surface area contributed by atoms with Gasteiger partial charge in [0.25, 0.3) is 0 Å². The molecule has 0 N–H and O–H groups in total. The van der Waals surface area contributed by atoms with E-state index in [4.69, 9.17) is 9.47 Å². The van der Waals surface area contributed by atoms with E-state index in [0.717, 1.165) is 56.4 Å². The molecule has 0 aliphatic heterocycles. The van der Waals surface area contributed by atoms with Crippen molar-refractivity contribution in [1.29, 1.82) is 0 Å². The Morgan fingerprint density at radius 1 is 0.608 bits per heavy atom. The third-order valence-electron chi connectivity index (χ3n) is 12.3.